The lowest BCUT2D eigenvalue weighted by molar-refractivity contribution is -0.00738. The second kappa shape index (κ2) is 9.61. The van der Waals surface area contributed by atoms with E-state index in [4.69, 9.17) is 9.47 Å². The molecule has 0 aliphatic heterocycles. The molecule has 0 spiro atoms. The molecule has 0 amide bonds. The van der Waals surface area contributed by atoms with Crippen molar-refractivity contribution >= 4 is 0 Å². The topological polar surface area (TPSA) is 50.7 Å². The van der Waals surface area contributed by atoms with Crippen LogP contribution >= 0.6 is 0 Å². The quantitative estimate of drug-likeness (QED) is 0.584. The Hall–Kier alpha value is -0.300. The first-order chi connectivity index (χ1) is 8.68. The normalized spacial score (nSPS) is 18.7. The van der Waals surface area contributed by atoms with Gasteiger partial charge < -0.3 is 19.9 Å². The van der Waals surface area contributed by atoms with Gasteiger partial charge in [-0.2, -0.15) is 0 Å². The monoisotopic (exact) mass is 267 g/mol. The van der Waals surface area contributed by atoms with E-state index >= 15 is 0 Å². The lowest BCUT2D eigenvalue weighted by atomic mass is 10.3. The number of aliphatic hydroxyl groups is 1. The maximum atomic E-state index is 11.7. The van der Waals surface area contributed by atoms with E-state index < -0.39 is 19.1 Å². The Morgan fingerprint density at radius 2 is 1.94 bits per heavy atom. The number of alkyl halides is 2. The fraction of sp³-hybridized carbons (Fsp3) is 1.00. The third-order valence-corrected chi connectivity index (χ3v) is 2.87. The Morgan fingerprint density at radius 1 is 1.22 bits per heavy atom. The van der Waals surface area contributed by atoms with Gasteiger partial charge in [0.2, 0.25) is 0 Å². The third-order valence-electron chi connectivity index (χ3n) is 2.87. The molecule has 1 saturated carbocycles. The summed E-state index contributed by atoms with van der Waals surface area (Å²) >= 11 is 0. The Kier molecular flexibility index (Phi) is 8.41. The van der Waals surface area contributed by atoms with Crippen LogP contribution in [0.2, 0.25) is 0 Å². The van der Waals surface area contributed by atoms with E-state index in [-0.39, 0.29) is 6.61 Å². The Labute approximate surface area is 107 Å². The van der Waals surface area contributed by atoms with Crippen LogP contribution in [-0.2, 0) is 9.47 Å². The van der Waals surface area contributed by atoms with Crippen LogP contribution < -0.4 is 5.32 Å². The molecule has 0 radical (unpaired) electrons. The van der Waals surface area contributed by atoms with E-state index in [1.807, 2.05) is 0 Å². The summed E-state index contributed by atoms with van der Waals surface area (Å²) in [6, 6.07) is 0. The van der Waals surface area contributed by atoms with Crippen LogP contribution in [0.1, 0.15) is 25.7 Å². The molecule has 1 aliphatic carbocycles. The molecule has 18 heavy (non-hydrogen) atoms. The molecule has 0 heterocycles. The highest BCUT2D eigenvalue weighted by molar-refractivity contribution is 4.68. The maximum absolute atomic E-state index is 11.7. The minimum Gasteiger partial charge on any atom is -0.389 e. The first-order valence-corrected chi connectivity index (χ1v) is 6.54. The van der Waals surface area contributed by atoms with Gasteiger partial charge in [-0.25, -0.2) is 8.78 Å². The van der Waals surface area contributed by atoms with Crippen molar-refractivity contribution in [3.05, 3.63) is 0 Å². The molecule has 1 atom stereocenters. The van der Waals surface area contributed by atoms with Crippen LogP contribution in [0.3, 0.4) is 0 Å². The molecular weight excluding hydrogens is 244 g/mol. The predicted octanol–water partition coefficient (Wildman–Crippen LogP) is 1.18. The van der Waals surface area contributed by atoms with Crippen LogP contribution in [0.25, 0.3) is 0 Å². The molecule has 1 fully saturated rings. The molecule has 0 saturated heterocycles. The first-order valence-electron chi connectivity index (χ1n) is 6.54. The SMILES string of the molecule is OC(CNCCOCC(F)F)COC1CCCC1. The summed E-state index contributed by atoms with van der Waals surface area (Å²) in [4.78, 5) is 0. The van der Waals surface area contributed by atoms with E-state index in [1.165, 1.54) is 12.8 Å². The van der Waals surface area contributed by atoms with Gasteiger partial charge in [0.25, 0.3) is 6.43 Å². The smallest absolute Gasteiger partial charge is 0.261 e. The van der Waals surface area contributed by atoms with Crippen LogP contribution in [0, 0.1) is 0 Å². The van der Waals surface area contributed by atoms with E-state index in [0.29, 0.717) is 25.8 Å². The van der Waals surface area contributed by atoms with Crippen LogP contribution in [0.4, 0.5) is 8.78 Å². The van der Waals surface area contributed by atoms with E-state index in [0.717, 1.165) is 12.8 Å². The molecule has 0 aromatic heterocycles. The summed E-state index contributed by atoms with van der Waals surface area (Å²) in [6.45, 7) is 0.864. The van der Waals surface area contributed by atoms with Gasteiger partial charge in [0.05, 0.1) is 25.4 Å². The number of hydrogen-bond donors (Lipinski definition) is 2. The molecule has 0 aromatic carbocycles. The minimum absolute atomic E-state index is 0.223. The van der Waals surface area contributed by atoms with Gasteiger partial charge in [0.1, 0.15) is 6.61 Å². The van der Waals surface area contributed by atoms with E-state index in [9.17, 15) is 13.9 Å². The van der Waals surface area contributed by atoms with Crippen LogP contribution in [0.15, 0.2) is 0 Å². The van der Waals surface area contributed by atoms with Crippen molar-refractivity contribution in [1.82, 2.24) is 5.32 Å². The van der Waals surface area contributed by atoms with Gasteiger partial charge in [-0.1, -0.05) is 12.8 Å². The zero-order valence-electron chi connectivity index (χ0n) is 10.6. The average molecular weight is 267 g/mol. The van der Waals surface area contributed by atoms with Crippen molar-refractivity contribution in [2.75, 3.05) is 32.9 Å². The Morgan fingerprint density at radius 3 is 2.61 bits per heavy atom. The zero-order valence-corrected chi connectivity index (χ0v) is 10.6. The van der Waals surface area contributed by atoms with Crippen LogP contribution in [-0.4, -0.2) is 56.7 Å². The van der Waals surface area contributed by atoms with Gasteiger partial charge >= 0.3 is 0 Å². The van der Waals surface area contributed by atoms with Crippen molar-refractivity contribution < 1.29 is 23.4 Å². The fourth-order valence-corrected chi connectivity index (χ4v) is 1.95. The Balaban J connectivity index is 1.85. The number of halogens is 2. The molecule has 1 aliphatic rings. The summed E-state index contributed by atoms with van der Waals surface area (Å²) in [5.74, 6) is 0. The standard InChI is InChI=1S/C12H23F2NO3/c13-12(14)9-17-6-5-15-7-10(16)8-18-11-3-1-2-4-11/h10-12,15-16H,1-9H2. The van der Waals surface area contributed by atoms with Gasteiger partial charge in [0.15, 0.2) is 0 Å². The van der Waals surface area contributed by atoms with Crippen molar-refractivity contribution in [2.24, 2.45) is 0 Å². The minimum atomic E-state index is -2.42. The van der Waals surface area contributed by atoms with Gasteiger partial charge in [0, 0.05) is 13.1 Å². The zero-order chi connectivity index (χ0) is 13.2. The summed E-state index contributed by atoms with van der Waals surface area (Å²) in [7, 11) is 0. The van der Waals surface area contributed by atoms with Gasteiger partial charge in [-0.3, -0.25) is 0 Å². The summed E-state index contributed by atoms with van der Waals surface area (Å²) < 4.78 is 33.7. The maximum Gasteiger partial charge on any atom is 0.261 e. The van der Waals surface area contributed by atoms with Crippen molar-refractivity contribution in [1.29, 1.82) is 0 Å². The third kappa shape index (κ3) is 7.92. The van der Waals surface area contributed by atoms with Gasteiger partial charge in [-0.15, -0.1) is 0 Å². The number of aliphatic hydroxyl groups excluding tert-OH is 1. The van der Waals surface area contributed by atoms with Crippen molar-refractivity contribution in [3.63, 3.8) is 0 Å². The molecular formula is C12H23F2NO3. The molecule has 4 nitrogen and oxygen atoms in total. The predicted molar refractivity (Wildman–Crippen MR) is 63.9 cm³/mol. The summed E-state index contributed by atoms with van der Waals surface area (Å²) in [5.41, 5.74) is 0. The van der Waals surface area contributed by atoms with Gasteiger partial charge in [-0.05, 0) is 12.8 Å². The second-order valence-corrected chi connectivity index (χ2v) is 4.56. The number of ether oxygens (including phenoxy) is 2. The summed E-state index contributed by atoms with van der Waals surface area (Å²) in [5, 5.41) is 12.5. The lowest BCUT2D eigenvalue weighted by Crippen LogP contribution is -2.33. The molecule has 108 valence electrons. The molecule has 1 unspecified atom stereocenters. The highest BCUT2D eigenvalue weighted by Gasteiger charge is 2.16. The average Bonchev–Trinajstić information content (AvgIpc) is 2.83. The highest BCUT2D eigenvalue weighted by atomic mass is 19.3. The lowest BCUT2D eigenvalue weighted by Gasteiger charge is -2.16. The molecule has 6 heteroatoms. The molecule has 2 N–H and O–H groups in total. The first kappa shape index (κ1) is 15.8. The number of nitrogens with one attached hydrogen (secondary N) is 1. The van der Waals surface area contributed by atoms with Crippen molar-refractivity contribution in [3.8, 4) is 0 Å². The molecule has 0 aromatic rings. The number of rotatable bonds is 10. The van der Waals surface area contributed by atoms with Crippen molar-refractivity contribution in [2.45, 2.75) is 44.3 Å². The second-order valence-electron chi connectivity index (χ2n) is 4.56. The fourth-order valence-electron chi connectivity index (χ4n) is 1.95. The van der Waals surface area contributed by atoms with E-state index in [2.05, 4.69) is 5.32 Å². The highest BCUT2D eigenvalue weighted by Crippen LogP contribution is 2.20. The van der Waals surface area contributed by atoms with E-state index in [1.54, 1.807) is 0 Å². The Bertz CT molecular complexity index is 202. The number of hydrogen-bond acceptors (Lipinski definition) is 4. The largest absolute Gasteiger partial charge is 0.389 e. The molecule has 1 rings (SSSR count). The molecule has 0 bridgehead atoms. The van der Waals surface area contributed by atoms with Crippen LogP contribution in [0.5, 0.6) is 0 Å². The summed E-state index contributed by atoms with van der Waals surface area (Å²) in [6.07, 6.45) is 1.91.